The molecule has 1 aliphatic rings. The Balaban J connectivity index is 2.06. The van der Waals surface area contributed by atoms with Gasteiger partial charge in [-0.05, 0) is 25.1 Å². The molecule has 0 saturated heterocycles. The molecule has 2 aromatic carbocycles. The molecule has 0 amide bonds. The zero-order chi connectivity index (χ0) is 15.1. The number of aromatic nitrogens is 2. The highest BCUT2D eigenvalue weighted by atomic mass is 16.1. The molecule has 0 saturated carbocycles. The molecule has 0 spiro atoms. The normalized spacial score (nSPS) is 16.0. The minimum atomic E-state index is -0.413. The Hall–Kier alpha value is -2.88. The van der Waals surface area contributed by atoms with Crippen LogP contribution in [0.1, 0.15) is 5.69 Å². The van der Waals surface area contributed by atoms with Gasteiger partial charge in [0.15, 0.2) is 0 Å². The van der Waals surface area contributed by atoms with Crippen molar-refractivity contribution in [3.63, 3.8) is 0 Å². The minimum Gasteiger partial charge on any atom is -0.301 e. The molecule has 4 nitrogen and oxygen atoms in total. The summed E-state index contributed by atoms with van der Waals surface area (Å²) >= 11 is 0. The van der Waals surface area contributed by atoms with E-state index in [0.29, 0.717) is 0 Å². The molecule has 0 aliphatic carbocycles. The van der Waals surface area contributed by atoms with E-state index in [9.17, 15) is 4.79 Å². The van der Waals surface area contributed by atoms with Crippen LogP contribution in [-0.4, -0.2) is 22.3 Å². The van der Waals surface area contributed by atoms with Gasteiger partial charge in [0, 0.05) is 10.8 Å². The van der Waals surface area contributed by atoms with E-state index in [1.807, 2.05) is 55.5 Å². The maximum atomic E-state index is 11.0. The van der Waals surface area contributed by atoms with E-state index >= 15 is 0 Å². The van der Waals surface area contributed by atoms with Crippen LogP contribution in [-0.2, 0) is 4.79 Å². The highest BCUT2D eigenvalue weighted by Crippen LogP contribution is 2.21. The van der Waals surface area contributed by atoms with Crippen LogP contribution < -0.4 is 10.6 Å². The molecule has 0 radical (unpaired) electrons. The van der Waals surface area contributed by atoms with Gasteiger partial charge in [-0.1, -0.05) is 30.3 Å². The maximum Gasteiger partial charge on any atom is 0.148 e. The van der Waals surface area contributed by atoms with Crippen LogP contribution in [0.5, 0.6) is 0 Å². The van der Waals surface area contributed by atoms with E-state index in [1.165, 1.54) is 0 Å². The Kier molecular flexibility index (Phi) is 2.82. The van der Waals surface area contributed by atoms with E-state index in [0.717, 1.165) is 44.8 Å². The lowest BCUT2D eigenvalue weighted by Gasteiger charge is -2.06. The average Bonchev–Trinajstić information content (AvgIpc) is 2.98. The lowest BCUT2D eigenvalue weighted by molar-refractivity contribution is -0.107. The summed E-state index contributed by atoms with van der Waals surface area (Å²) in [4.78, 5) is 24.8. The van der Waals surface area contributed by atoms with Crippen molar-refractivity contribution in [1.82, 2.24) is 9.97 Å². The van der Waals surface area contributed by atoms with Gasteiger partial charge in [0.05, 0.1) is 27.8 Å². The molecule has 1 aromatic heterocycles. The van der Waals surface area contributed by atoms with Crippen molar-refractivity contribution in [2.75, 3.05) is 0 Å². The standard InChI is InChI=1S/C18H13N3O/c1-11-17(12-5-3-2-4-6-12)21-18-14-9-13(10-22)20-15(14)7-8-16(18)19-11/h2-10,13H,1H3. The fourth-order valence-electron chi connectivity index (χ4n) is 2.80. The van der Waals surface area contributed by atoms with Crippen molar-refractivity contribution in [3.05, 3.63) is 58.7 Å². The van der Waals surface area contributed by atoms with Crippen molar-refractivity contribution < 1.29 is 4.79 Å². The SMILES string of the molecule is Cc1nc2ccc3c(c2nc1-c1ccccc1)=CC(C=O)N=3. The Labute approximate surface area is 126 Å². The number of hydrogen-bond donors (Lipinski definition) is 0. The van der Waals surface area contributed by atoms with Crippen molar-refractivity contribution in [1.29, 1.82) is 0 Å². The Morgan fingerprint density at radius 1 is 1.05 bits per heavy atom. The number of hydrogen-bond acceptors (Lipinski definition) is 4. The minimum absolute atomic E-state index is 0.413. The molecule has 3 aromatic rings. The first-order valence-corrected chi connectivity index (χ1v) is 7.14. The van der Waals surface area contributed by atoms with Crippen LogP contribution in [0.2, 0.25) is 0 Å². The highest BCUT2D eigenvalue weighted by molar-refractivity contribution is 5.82. The predicted molar refractivity (Wildman–Crippen MR) is 84.8 cm³/mol. The average molecular weight is 287 g/mol. The number of fused-ring (bicyclic) bond motifs is 3. The monoisotopic (exact) mass is 287 g/mol. The zero-order valence-corrected chi connectivity index (χ0v) is 12.0. The van der Waals surface area contributed by atoms with Gasteiger partial charge >= 0.3 is 0 Å². The van der Waals surface area contributed by atoms with E-state index in [2.05, 4.69) is 9.98 Å². The van der Waals surface area contributed by atoms with Crippen LogP contribution in [0.4, 0.5) is 0 Å². The lowest BCUT2D eigenvalue weighted by atomic mass is 10.1. The molecular weight excluding hydrogens is 274 g/mol. The van der Waals surface area contributed by atoms with Crippen LogP contribution in [0, 0.1) is 6.92 Å². The van der Waals surface area contributed by atoms with Crippen LogP contribution in [0.3, 0.4) is 0 Å². The number of nitrogens with zero attached hydrogens (tertiary/aromatic N) is 3. The lowest BCUT2D eigenvalue weighted by Crippen LogP contribution is -2.23. The van der Waals surface area contributed by atoms with Crippen molar-refractivity contribution in [2.24, 2.45) is 4.99 Å². The molecule has 4 rings (SSSR count). The van der Waals surface area contributed by atoms with Crippen LogP contribution in [0.15, 0.2) is 47.5 Å². The topological polar surface area (TPSA) is 55.2 Å². The predicted octanol–water partition coefficient (Wildman–Crippen LogP) is 1.59. The Bertz CT molecular complexity index is 1010. The number of benzene rings is 2. The quantitative estimate of drug-likeness (QED) is 0.673. The molecular formula is C18H13N3O. The number of carbonyl (C=O) groups is 1. The molecule has 1 unspecified atom stereocenters. The van der Waals surface area contributed by atoms with Crippen LogP contribution >= 0.6 is 0 Å². The maximum absolute atomic E-state index is 11.0. The molecule has 106 valence electrons. The zero-order valence-electron chi connectivity index (χ0n) is 12.0. The third kappa shape index (κ3) is 1.92. The van der Waals surface area contributed by atoms with Gasteiger partial charge in [0.25, 0.3) is 0 Å². The van der Waals surface area contributed by atoms with E-state index in [1.54, 1.807) is 0 Å². The summed E-state index contributed by atoms with van der Waals surface area (Å²) < 4.78 is 0. The molecule has 1 atom stereocenters. The van der Waals surface area contributed by atoms with E-state index in [-0.39, 0.29) is 0 Å². The molecule has 0 bridgehead atoms. The summed E-state index contributed by atoms with van der Waals surface area (Å²) in [6.07, 6.45) is 2.69. The molecule has 0 N–H and O–H groups in total. The summed E-state index contributed by atoms with van der Waals surface area (Å²) in [6, 6.07) is 13.4. The van der Waals surface area contributed by atoms with E-state index < -0.39 is 6.04 Å². The number of aryl methyl sites for hydroxylation is 1. The Morgan fingerprint density at radius 3 is 2.64 bits per heavy atom. The second kappa shape index (κ2) is 4.84. The Morgan fingerprint density at radius 2 is 1.86 bits per heavy atom. The van der Waals surface area contributed by atoms with Crippen molar-refractivity contribution >= 4 is 23.4 Å². The van der Waals surface area contributed by atoms with Gasteiger partial charge in [-0.25, -0.2) is 9.97 Å². The van der Waals surface area contributed by atoms with Gasteiger partial charge in [-0.15, -0.1) is 0 Å². The summed E-state index contributed by atoms with van der Waals surface area (Å²) in [5.41, 5.74) is 4.42. The van der Waals surface area contributed by atoms with Gasteiger partial charge in [0.1, 0.15) is 12.3 Å². The number of rotatable bonds is 2. The number of aldehydes is 1. The third-order valence-electron chi connectivity index (χ3n) is 3.84. The highest BCUT2D eigenvalue weighted by Gasteiger charge is 2.13. The first-order chi connectivity index (χ1) is 10.8. The first-order valence-electron chi connectivity index (χ1n) is 7.14. The van der Waals surface area contributed by atoms with Gasteiger partial charge in [-0.3, -0.25) is 4.99 Å². The van der Waals surface area contributed by atoms with E-state index in [4.69, 9.17) is 4.98 Å². The summed E-state index contributed by atoms with van der Waals surface area (Å²) in [6.45, 7) is 1.96. The molecule has 4 heteroatoms. The molecule has 1 aliphatic heterocycles. The molecule has 2 heterocycles. The number of carbonyl (C=O) groups excluding carboxylic acids is 1. The summed E-state index contributed by atoms with van der Waals surface area (Å²) in [5.74, 6) is 0. The summed E-state index contributed by atoms with van der Waals surface area (Å²) in [7, 11) is 0. The fourth-order valence-corrected chi connectivity index (χ4v) is 2.80. The second-order valence-corrected chi connectivity index (χ2v) is 5.31. The molecule has 0 fully saturated rings. The molecule has 22 heavy (non-hydrogen) atoms. The first kappa shape index (κ1) is 12.8. The second-order valence-electron chi connectivity index (χ2n) is 5.31. The summed E-state index contributed by atoms with van der Waals surface area (Å²) in [5, 5.41) is 1.71. The van der Waals surface area contributed by atoms with Crippen molar-refractivity contribution in [3.8, 4) is 11.3 Å². The fraction of sp³-hybridized carbons (Fsp3) is 0.111. The van der Waals surface area contributed by atoms with Crippen LogP contribution in [0.25, 0.3) is 28.4 Å². The van der Waals surface area contributed by atoms with Gasteiger partial charge in [-0.2, -0.15) is 0 Å². The smallest absolute Gasteiger partial charge is 0.148 e. The largest absolute Gasteiger partial charge is 0.301 e. The third-order valence-corrected chi connectivity index (χ3v) is 3.84. The van der Waals surface area contributed by atoms with Crippen molar-refractivity contribution in [2.45, 2.75) is 13.0 Å². The van der Waals surface area contributed by atoms with Gasteiger partial charge in [0.2, 0.25) is 0 Å². The van der Waals surface area contributed by atoms with Gasteiger partial charge < -0.3 is 4.79 Å².